The second kappa shape index (κ2) is 4.08. The van der Waals surface area contributed by atoms with Crippen LogP contribution >= 0.6 is 15.9 Å². The van der Waals surface area contributed by atoms with Crippen molar-refractivity contribution in [3.8, 4) is 0 Å². The maximum atomic E-state index is 4.64. The molecule has 0 spiro atoms. The SMILES string of the molecule is CNc1nc(C2CC2)nc(C(C)C)c1Br. The summed E-state index contributed by atoms with van der Waals surface area (Å²) in [5.74, 6) is 2.94. The zero-order valence-corrected chi connectivity index (χ0v) is 10.9. The Morgan fingerprint density at radius 1 is 1.33 bits per heavy atom. The molecule has 0 radical (unpaired) electrons. The van der Waals surface area contributed by atoms with E-state index >= 15 is 0 Å². The van der Waals surface area contributed by atoms with Crippen LogP contribution in [0.4, 0.5) is 5.82 Å². The van der Waals surface area contributed by atoms with Crippen molar-refractivity contribution >= 4 is 21.7 Å². The topological polar surface area (TPSA) is 37.8 Å². The third-order valence-electron chi connectivity index (χ3n) is 2.62. The summed E-state index contributed by atoms with van der Waals surface area (Å²) in [6, 6.07) is 0. The van der Waals surface area contributed by atoms with Crippen molar-refractivity contribution in [3.05, 3.63) is 16.0 Å². The summed E-state index contributed by atoms with van der Waals surface area (Å²) in [5.41, 5.74) is 1.11. The van der Waals surface area contributed by atoms with E-state index in [0.29, 0.717) is 11.8 Å². The average molecular weight is 270 g/mol. The highest BCUT2D eigenvalue weighted by Crippen LogP contribution is 2.40. The van der Waals surface area contributed by atoms with Gasteiger partial charge in [0.15, 0.2) is 0 Å². The van der Waals surface area contributed by atoms with E-state index in [-0.39, 0.29) is 0 Å². The van der Waals surface area contributed by atoms with E-state index in [1.54, 1.807) is 0 Å². The van der Waals surface area contributed by atoms with Crippen molar-refractivity contribution in [2.45, 2.75) is 38.5 Å². The van der Waals surface area contributed by atoms with E-state index in [1.807, 2.05) is 7.05 Å². The zero-order valence-electron chi connectivity index (χ0n) is 9.34. The molecule has 0 aliphatic heterocycles. The van der Waals surface area contributed by atoms with Gasteiger partial charge < -0.3 is 5.32 Å². The van der Waals surface area contributed by atoms with Gasteiger partial charge in [-0.15, -0.1) is 0 Å². The third kappa shape index (κ3) is 2.14. The van der Waals surface area contributed by atoms with Crippen molar-refractivity contribution < 1.29 is 0 Å². The van der Waals surface area contributed by atoms with Crippen molar-refractivity contribution in [1.82, 2.24) is 9.97 Å². The van der Waals surface area contributed by atoms with E-state index in [1.165, 1.54) is 12.8 Å². The minimum atomic E-state index is 0.423. The van der Waals surface area contributed by atoms with Gasteiger partial charge in [-0.25, -0.2) is 9.97 Å². The van der Waals surface area contributed by atoms with Crippen LogP contribution in [0.5, 0.6) is 0 Å². The average Bonchev–Trinajstić information content (AvgIpc) is 3.01. The number of hydrogen-bond acceptors (Lipinski definition) is 3. The van der Waals surface area contributed by atoms with Crippen molar-refractivity contribution in [1.29, 1.82) is 0 Å². The van der Waals surface area contributed by atoms with Crippen LogP contribution in [0.1, 0.15) is 50.0 Å². The van der Waals surface area contributed by atoms with Gasteiger partial charge in [-0.05, 0) is 34.7 Å². The van der Waals surface area contributed by atoms with Crippen molar-refractivity contribution in [2.24, 2.45) is 0 Å². The fraction of sp³-hybridized carbons (Fsp3) is 0.636. The molecule has 1 fully saturated rings. The number of aromatic nitrogens is 2. The molecule has 1 aliphatic rings. The molecule has 1 aromatic heterocycles. The van der Waals surface area contributed by atoms with Gasteiger partial charge in [-0.3, -0.25) is 0 Å². The molecule has 15 heavy (non-hydrogen) atoms. The van der Waals surface area contributed by atoms with Crippen LogP contribution in [0.3, 0.4) is 0 Å². The van der Waals surface area contributed by atoms with Crippen LogP contribution < -0.4 is 5.32 Å². The Morgan fingerprint density at radius 3 is 2.47 bits per heavy atom. The van der Waals surface area contributed by atoms with Gasteiger partial charge in [0.1, 0.15) is 11.6 Å². The number of rotatable bonds is 3. The molecule has 2 rings (SSSR count). The van der Waals surface area contributed by atoms with Gasteiger partial charge in [0, 0.05) is 13.0 Å². The highest BCUT2D eigenvalue weighted by molar-refractivity contribution is 9.10. The molecule has 0 bridgehead atoms. The first-order chi connectivity index (χ1) is 7.13. The molecule has 1 saturated carbocycles. The Labute approximate surface area is 98.8 Å². The number of nitrogens with one attached hydrogen (secondary N) is 1. The second-order valence-corrected chi connectivity index (χ2v) is 5.10. The molecule has 82 valence electrons. The number of halogens is 1. The molecule has 4 heteroatoms. The monoisotopic (exact) mass is 269 g/mol. The van der Waals surface area contributed by atoms with Crippen molar-refractivity contribution in [3.63, 3.8) is 0 Å². The third-order valence-corrected chi connectivity index (χ3v) is 3.40. The Morgan fingerprint density at radius 2 is 2.00 bits per heavy atom. The summed E-state index contributed by atoms with van der Waals surface area (Å²) < 4.78 is 1.00. The highest BCUT2D eigenvalue weighted by Gasteiger charge is 2.28. The quantitative estimate of drug-likeness (QED) is 0.915. The fourth-order valence-corrected chi connectivity index (χ4v) is 2.39. The van der Waals surface area contributed by atoms with Crippen LogP contribution in [-0.2, 0) is 0 Å². The zero-order chi connectivity index (χ0) is 11.0. The van der Waals surface area contributed by atoms with E-state index in [0.717, 1.165) is 21.8 Å². The molecule has 0 saturated heterocycles. The maximum absolute atomic E-state index is 4.64. The number of anilines is 1. The van der Waals surface area contributed by atoms with Gasteiger partial charge in [0.05, 0.1) is 10.2 Å². The van der Waals surface area contributed by atoms with Crippen molar-refractivity contribution in [2.75, 3.05) is 12.4 Å². The normalized spacial score (nSPS) is 15.8. The largest absolute Gasteiger partial charge is 0.372 e. The molecule has 1 heterocycles. The summed E-state index contributed by atoms with van der Waals surface area (Å²) in [5, 5.41) is 3.12. The molecule has 0 atom stereocenters. The fourth-order valence-electron chi connectivity index (χ4n) is 1.55. The smallest absolute Gasteiger partial charge is 0.144 e. The molecule has 0 amide bonds. The molecule has 3 nitrogen and oxygen atoms in total. The van der Waals surface area contributed by atoms with E-state index in [9.17, 15) is 0 Å². The predicted octanol–water partition coefficient (Wildman–Crippen LogP) is 3.28. The summed E-state index contributed by atoms with van der Waals surface area (Å²) in [7, 11) is 1.90. The lowest BCUT2D eigenvalue weighted by molar-refractivity contribution is 0.777. The van der Waals surface area contributed by atoms with Gasteiger partial charge >= 0.3 is 0 Å². The van der Waals surface area contributed by atoms with Gasteiger partial charge in [-0.2, -0.15) is 0 Å². The standard InChI is InChI=1S/C11H16BrN3/c1-6(2)9-8(12)11(13-3)15-10(14-9)7-4-5-7/h6-7H,4-5H2,1-3H3,(H,13,14,15). The number of hydrogen-bond donors (Lipinski definition) is 1. The highest BCUT2D eigenvalue weighted by atomic mass is 79.9. The molecular weight excluding hydrogens is 254 g/mol. The Kier molecular flexibility index (Phi) is 2.96. The van der Waals surface area contributed by atoms with Gasteiger partial charge in [-0.1, -0.05) is 13.8 Å². The van der Waals surface area contributed by atoms with Crippen LogP contribution in [-0.4, -0.2) is 17.0 Å². The summed E-state index contributed by atoms with van der Waals surface area (Å²) in [6.07, 6.45) is 2.48. The molecule has 1 aliphatic carbocycles. The summed E-state index contributed by atoms with van der Waals surface area (Å²) in [4.78, 5) is 9.17. The van der Waals surface area contributed by atoms with Crippen LogP contribution in [0.2, 0.25) is 0 Å². The van der Waals surface area contributed by atoms with E-state index < -0.39 is 0 Å². The lowest BCUT2D eigenvalue weighted by Crippen LogP contribution is -2.06. The number of nitrogens with zero attached hydrogens (tertiary/aromatic N) is 2. The van der Waals surface area contributed by atoms with Gasteiger partial charge in [0.25, 0.3) is 0 Å². The lowest BCUT2D eigenvalue weighted by atomic mass is 10.1. The Hall–Kier alpha value is -0.640. The first kappa shape index (κ1) is 10.9. The lowest BCUT2D eigenvalue weighted by Gasteiger charge is -2.12. The van der Waals surface area contributed by atoms with Crippen LogP contribution in [0, 0.1) is 0 Å². The maximum Gasteiger partial charge on any atom is 0.144 e. The summed E-state index contributed by atoms with van der Waals surface area (Å²) >= 11 is 3.56. The predicted molar refractivity (Wildman–Crippen MR) is 65.3 cm³/mol. The minimum absolute atomic E-state index is 0.423. The second-order valence-electron chi connectivity index (χ2n) is 4.31. The van der Waals surface area contributed by atoms with E-state index in [2.05, 4.69) is 45.1 Å². The first-order valence-corrected chi connectivity index (χ1v) is 6.17. The van der Waals surface area contributed by atoms with Crippen LogP contribution in [0.15, 0.2) is 4.47 Å². The minimum Gasteiger partial charge on any atom is -0.372 e. The first-order valence-electron chi connectivity index (χ1n) is 5.38. The molecule has 1 aromatic rings. The van der Waals surface area contributed by atoms with E-state index in [4.69, 9.17) is 0 Å². The van der Waals surface area contributed by atoms with Gasteiger partial charge in [0.2, 0.25) is 0 Å². The Balaban J connectivity index is 2.47. The molecular formula is C11H16BrN3. The Bertz CT molecular complexity index is 372. The molecule has 1 N–H and O–H groups in total. The molecule has 0 aromatic carbocycles. The van der Waals surface area contributed by atoms with Crippen LogP contribution in [0.25, 0.3) is 0 Å². The molecule has 0 unspecified atom stereocenters. The summed E-state index contributed by atoms with van der Waals surface area (Å²) in [6.45, 7) is 4.31.